The molecule has 0 radical (unpaired) electrons. The predicted octanol–water partition coefficient (Wildman–Crippen LogP) is 3.47. The number of thiophene rings is 1. The molecule has 0 aliphatic carbocycles. The van der Waals surface area contributed by atoms with Gasteiger partial charge in [-0.2, -0.15) is 11.3 Å². The molecule has 0 bridgehead atoms. The molecule has 1 atom stereocenters. The van der Waals surface area contributed by atoms with E-state index in [1.54, 1.807) is 11.3 Å². The van der Waals surface area contributed by atoms with E-state index in [0.717, 1.165) is 17.9 Å². The molecule has 1 aromatic carbocycles. The second-order valence-corrected chi connectivity index (χ2v) is 6.24. The Labute approximate surface area is 111 Å². The minimum absolute atomic E-state index is 0.0436. The summed E-state index contributed by atoms with van der Waals surface area (Å²) in [6.45, 7) is 5.16. The van der Waals surface area contributed by atoms with Gasteiger partial charge in [-0.15, -0.1) is 0 Å². The van der Waals surface area contributed by atoms with Crippen LogP contribution in [0.15, 0.2) is 35.0 Å². The maximum absolute atomic E-state index is 6.31. The van der Waals surface area contributed by atoms with Crippen molar-refractivity contribution in [2.24, 2.45) is 5.73 Å². The van der Waals surface area contributed by atoms with Gasteiger partial charge in [0.15, 0.2) is 0 Å². The highest BCUT2D eigenvalue weighted by atomic mass is 32.1. The minimum Gasteiger partial charge on any atom is -0.492 e. The monoisotopic (exact) mass is 259 g/mol. The molecule has 1 aliphatic heterocycles. The van der Waals surface area contributed by atoms with Crippen molar-refractivity contribution in [3.8, 4) is 5.75 Å². The van der Waals surface area contributed by atoms with Crippen LogP contribution in [0.5, 0.6) is 5.75 Å². The van der Waals surface area contributed by atoms with Gasteiger partial charge in [-0.25, -0.2) is 0 Å². The van der Waals surface area contributed by atoms with Crippen molar-refractivity contribution in [2.45, 2.75) is 25.3 Å². The molecule has 1 unspecified atom stereocenters. The topological polar surface area (TPSA) is 35.2 Å². The summed E-state index contributed by atoms with van der Waals surface area (Å²) in [7, 11) is 0. The molecular weight excluding hydrogens is 242 g/mol. The third-order valence-electron chi connectivity index (χ3n) is 3.58. The van der Waals surface area contributed by atoms with Crippen LogP contribution in [-0.4, -0.2) is 6.61 Å². The predicted molar refractivity (Wildman–Crippen MR) is 75.3 cm³/mol. The molecule has 18 heavy (non-hydrogen) atoms. The lowest BCUT2D eigenvalue weighted by Gasteiger charge is -2.17. The fraction of sp³-hybridized carbons (Fsp3) is 0.333. The van der Waals surface area contributed by atoms with Gasteiger partial charge in [0.25, 0.3) is 0 Å². The van der Waals surface area contributed by atoms with Gasteiger partial charge in [0, 0.05) is 11.0 Å². The summed E-state index contributed by atoms with van der Waals surface area (Å²) in [5, 5.41) is 4.18. The number of fused-ring (bicyclic) bond motifs is 1. The van der Waals surface area contributed by atoms with Crippen LogP contribution in [0.3, 0.4) is 0 Å². The Morgan fingerprint density at radius 3 is 2.83 bits per heavy atom. The molecule has 3 rings (SSSR count). The first-order valence-corrected chi connectivity index (χ1v) is 7.07. The smallest absolute Gasteiger partial charge is 0.123 e. The molecule has 0 amide bonds. The maximum Gasteiger partial charge on any atom is 0.123 e. The van der Waals surface area contributed by atoms with Crippen molar-refractivity contribution in [3.63, 3.8) is 0 Å². The van der Waals surface area contributed by atoms with Crippen LogP contribution < -0.4 is 10.5 Å². The highest BCUT2D eigenvalue weighted by Gasteiger charge is 2.32. The van der Waals surface area contributed by atoms with Crippen molar-refractivity contribution >= 4 is 11.3 Å². The van der Waals surface area contributed by atoms with Crippen LogP contribution in [-0.2, 0) is 5.41 Å². The Balaban J connectivity index is 2.00. The van der Waals surface area contributed by atoms with Gasteiger partial charge in [-0.3, -0.25) is 0 Å². The fourth-order valence-electron chi connectivity index (χ4n) is 2.38. The van der Waals surface area contributed by atoms with Crippen LogP contribution in [0.4, 0.5) is 0 Å². The molecule has 0 spiro atoms. The van der Waals surface area contributed by atoms with Crippen molar-refractivity contribution < 1.29 is 4.74 Å². The highest BCUT2D eigenvalue weighted by molar-refractivity contribution is 7.08. The van der Waals surface area contributed by atoms with E-state index in [9.17, 15) is 0 Å². The van der Waals surface area contributed by atoms with E-state index in [1.165, 1.54) is 11.1 Å². The van der Waals surface area contributed by atoms with Crippen LogP contribution >= 0.6 is 11.3 Å². The van der Waals surface area contributed by atoms with E-state index in [4.69, 9.17) is 10.5 Å². The van der Waals surface area contributed by atoms with Crippen LogP contribution in [0.1, 0.15) is 36.6 Å². The number of rotatable bonds is 2. The van der Waals surface area contributed by atoms with Gasteiger partial charge in [-0.1, -0.05) is 19.9 Å². The first kappa shape index (κ1) is 11.8. The summed E-state index contributed by atoms with van der Waals surface area (Å²) in [6, 6.07) is 8.36. The van der Waals surface area contributed by atoms with E-state index in [0.29, 0.717) is 0 Å². The molecule has 0 saturated carbocycles. The fourth-order valence-corrected chi connectivity index (χ4v) is 3.07. The Bertz CT molecular complexity index is 560. The number of nitrogens with two attached hydrogens (primary N) is 1. The number of benzene rings is 1. The van der Waals surface area contributed by atoms with Gasteiger partial charge in [0.05, 0.1) is 12.6 Å². The van der Waals surface area contributed by atoms with Crippen molar-refractivity contribution in [2.75, 3.05) is 6.61 Å². The lowest BCUT2D eigenvalue weighted by molar-refractivity contribution is 0.291. The zero-order valence-corrected chi connectivity index (χ0v) is 11.5. The zero-order valence-electron chi connectivity index (χ0n) is 10.6. The largest absolute Gasteiger partial charge is 0.492 e. The molecule has 2 aromatic rings. The molecule has 2 nitrogen and oxygen atoms in total. The maximum atomic E-state index is 6.31. The second kappa shape index (κ2) is 4.11. The third kappa shape index (κ3) is 1.84. The van der Waals surface area contributed by atoms with Crippen molar-refractivity contribution in [1.82, 2.24) is 0 Å². The Hall–Kier alpha value is -1.32. The summed E-state index contributed by atoms with van der Waals surface area (Å²) in [4.78, 5) is 0. The molecule has 2 heterocycles. The van der Waals surface area contributed by atoms with E-state index >= 15 is 0 Å². The van der Waals surface area contributed by atoms with E-state index < -0.39 is 0 Å². The standard InChI is InChI=1S/C15H17NOS/c1-15(2)9-17-13-4-3-10(7-12(13)15)14(16)11-5-6-18-8-11/h3-8,14H,9,16H2,1-2H3. The minimum atomic E-state index is -0.0436. The van der Waals surface area contributed by atoms with E-state index in [1.807, 2.05) is 6.07 Å². The zero-order chi connectivity index (χ0) is 12.8. The lowest BCUT2D eigenvalue weighted by atomic mass is 9.85. The summed E-state index contributed by atoms with van der Waals surface area (Å²) in [6.07, 6.45) is 0. The van der Waals surface area contributed by atoms with Gasteiger partial charge in [0.2, 0.25) is 0 Å². The molecule has 0 fully saturated rings. The second-order valence-electron chi connectivity index (χ2n) is 5.46. The Morgan fingerprint density at radius 2 is 2.11 bits per heavy atom. The first-order valence-electron chi connectivity index (χ1n) is 6.13. The molecule has 1 aromatic heterocycles. The van der Waals surface area contributed by atoms with E-state index in [2.05, 4.69) is 42.8 Å². The Morgan fingerprint density at radius 1 is 1.28 bits per heavy atom. The number of hydrogen-bond donors (Lipinski definition) is 1. The molecule has 2 N–H and O–H groups in total. The summed E-state index contributed by atoms with van der Waals surface area (Å²) in [5.74, 6) is 1.00. The molecule has 94 valence electrons. The molecule has 1 aliphatic rings. The van der Waals surface area contributed by atoms with Gasteiger partial charge in [0.1, 0.15) is 5.75 Å². The van der Waals surface area contributed by atoms with Crippen molar-refractivity contribution in [1.29, 1.82) is 0 Å². The molecule has 3 heteroatoms. The van der Waals surface area contributed by atoms with Gasteiger partial charge < -0.3 is 10.5 Å². The van der Waals surface area contributed by atoms with Gasteiger partial charge >= 0.3 is 0 Å². The summed E-state index contributed by atoms with van der Waals surface area (Å²) in [5.41, 5.74) is 10.00. The summed E-state index contributed by atoms with van der Waals surface area (Å²) < 4.78 is 5.70. The van der Waals surface area contributed by atoms with E-state index in [-0.39, 0.29) is 11.5 Å². The first-order chi connectivity index (χ1) is 8.58. The normalized spacial score (nSPS) is 18.2. The number of ether oxygens (including phenoxy) is 1. The van der Waals surface area contributed by atoms with Gasteiger partial charge in [-0.05, 0) is 40.1 Å². The van der Waals surface area contributed by atoms with Crippen LogP contribution in [0.25, 0.3) is 0 Å². The average Bonchev–Trinajstić information content (AvgIpc) is 2.97. The van der Waals surface area contributed by atoms with Crippen LogP contribution in [0, 0.1) is 0 Å². The third-order valence-corrected chi connectivity index (χ3v) is 4.28. The Kier molecular flexibility index (Phi) is 2.68. The highest BCUT2D eigenvalue weighted by Crippen LogP contribution is 2.40. The van der Waals surface area contributed by atoms with Crippen LogP contribution in [0.2, 0.25) is 0 Å². The summed E-state index contributed by atoms with van der Waals surface area (Å²) >= 11 is 1.68. The average molecular weight is 259 g/mol. The SMILES string of the molecule is CC1(C)COc2ccc(C(N)c3ccsc3)cc21. The van der Waals surface area contributed by atoms with Crippen molar-refractivity contribution in [3.05, 3.63) is 51.7 Å². The number of hydrogen-bond acceptors (Lipinski definition) is 3. The lowest BCUT2D eigenvalue weighted by Crippen LogP contribution is -2.19. The molecular formula is C15H17NOS. The quantitative estimate of drug-likeness (QED) is 0.896. The molecule has 0 saturated heterocycles.